The molecule has 0 amide bonds. The molecule has 0 aromatic rings. The van der Waals surface area contributed by atoms with E-state index in [0.717, 1.165) is 0 Å². The largest absolute Gasteiger partial charge is 0.390 e. The van der Waals surface area contributed by atoms with E-state index in [9.17, 15) is 0 Å². The first-order valence-corrected chi connectivity index (χ1v) is 2.65. The maximum Gasteiger partial charge on any atom is 0.169 e. The van der Waals surface area contributed by atoms with Crippen LogP contribution in [0.3, 0.4) is 0 Å². The molecule has 0 aromatic carbocycles. The Bertz CT molecular complexity index is 95.0. The number of aliphatic hydroxyl groups excluding tert-OH is 3. The molecule has 1 aliphatic heterocycles. The second-order valence-electron chi connectivity index (χ2n) is 1.94. The van der Waals surface area contributed by atoms with E-state index in [2.05, 4.69) is 4.74 Å². The Morgan fingerprint density at radius 3 is 2.44 bits per heavy atom. The predicted octanol–water partition coefficient (Wildman–Crippen LogP) is -1.51. The molecular formula is C5H8O4. The minimum Gasteiger partial charge on any atom is -0.390 e. The Morgan fingerprint density at radius 1 is 1.33 bits per heavy atom. The average molecular weight is 133 g/mol. The number of ether oxygens (including phenoxy) is 1. The molecule has 0 spiro atoms. The highest BCUT2D eigenvalue weighted by molar-refractivity contribution is 4.80. The van der Waals surface area contributed by atoms with Crippen molar-refractivity contribution in [2.75, 3.05) is 0 Å². The van der Waals surface area contributed by atoms with Gasteiger partial charge in [0.2, 0.25) is 0 Å². The monoisotopic (exact) mass is 133 g/mol. The van der Waals surface area contributed by atoms with Crippen LogP contribution in [-0.2, 0) is 4.74 Å². The summed E-state index contributed by atoms with van der Waals surface area (Å²) in [4.78, 5) is 0. The molecule has 1 unspecified atom stereocenters. The predicted molar refractivity (Wildman–Crippen MR) is 27.0 cm³/mol. The molecule has 1 saturated heterocycles. The van der Waals surface area contributed by atoms with Crippen LogP contribution in [0.1, 0.15) is 6.42 Å². The molecule has 1 rings (SSSR count). The van der Waals surface area contributed by atoms with Crippen molar-refractivity contribution in [3.63, 3.8) is 0 Å². The van der Waals surface area contributed by atoms with Crippen LogP contribution in [0.15, 0.2) is 0 Å². The van der Waals surface area contributed by atoms with Crippen LogP contribution >= 0.6 is 0 Å². The van der Waals surface area contributed by atoms with Crippen molar-refractivity contribution in [3.8, 4) is 0 Å². The summed E-state index contributed by atoms with van der Waals surface area (Å²) in [5.41, 5.74) is 0. The Balaban J connectivity index is 2.35. The minimum absolute atomic E-state index is 0.0359. The molecule has 1 aliphatic rings. The van der Waals surface area contributed by atoms with Gasteiger partial charge in [-0.2, -0.15) is 0 Å². The first kappa shape index (κ1) is 6.95. The van der Waals surface area contributed by atoms with Crippen molar-refractivity contribution >= 4 is 0 Å². The van der Waals surface area contributed by atoms with Crippen LogP contribution in [0.4, 0.5) is 0 Å². The summed E-state index contributed by atoms with van der Waals surface area (Å²) in [5, 5.41) is 26.1. The third kappa shape index (κ3) is 1.62. The molecule has 1 fully saturated rings. The molecule has 4 nitrogen and oxygen atoms in total. The van der Waals surface area contributed by atoms with Crippen LogP contribution in [0, 0.1) is 6.61 Å². The van der Waals surface area contributed by atoms with Gasteiger partial charge in [-0.05, 0) is 0 Å². The third-order valence-electron chi connectivity index (χ3n) is 1.13. The molecule has 1 heterocycles. The van der Waals surface area contributed by atoms with Crippen LogP contribution in [-0.4, -0.2) is 33.8 Å². The summed E-state index contributed by atoms with van der Waals surface area (Å²) >= 11 is 0. The lowest BCUT2D eigenvalue weighted by atomic mass is 10.2. The maximum atomic E-state index is 8.80. The minimum atomic E-state index is -1.09. The van der Waals surface area contributed by atoms with E-state index in [1.165, 1.54) is 0 Å². The van der Waals surface area contributed by atoms with Gasteiger partial charge in [-0.15, -0.1) is 0 Å². The van der Waals surface area contributed by atoms with Crippen molar-refractivity contribution in [3.05, 3.63) is 6.61 Å². The Labute approximate surface area is 52.7 Å². The lowest BCUT2D eigenvalue weighted by molar-refractivity contribution is -0.163. The second-order valence-corrected chi connectivity index (χ2v) is 1.94. The van der Waals surface area contributed by atoms with E-state index in [4.69, 9.17) is 15.3 Å². The summed E-state index contributed by atoms with van der Waals surface area (Å²) < 4.78 is 4.36. The summed E-state index contributed by atoms with van der Waals surface area (Å²) in [6.45, 7) is 2.04. The van der Waals surface area contributed by atoms with Gasteiger partial charge in [-0.1, -0.05) is 0 Å². The van der Waals surface area contributed by atoms with E-state index >= 15 is 0 Å². The molecule has 9 heavy (non-hydrogen) atoms. The van der Waals surface area contributed by atoms with Gasteiger partial charge in [0.05, 0.1) is 6.10 Å². The molecule has 3 N–H and O–H groups in total. The topological polar surface area (TPSA) is 69.9 Å². The highest BCUT2D eigenvalue weighted by atomic mass is 16.7. The van der Waals surface area contributed by atoms with E-state index < -0.39 is 18.5 Å². The zero-order chi connectivity index (χ0) is 6.85. The maximum absolute atomic E-state index is 8.80. The highest BCUT2D eigenvalue weighted by Gasteiger charge is 2.27. The van der Waals surface area contributed by atoms with Crippen molar-refractivity contribution in [2.45, 2.75) is 24.9 Å². The number of rotatable bonds is 0. The molecule has 0 bridgehead atoms. The summed E-state index contributed by atoms with van der Waals surface area (Å²) in [5.74, 6) is 0. The molecule has 0 saturated carbocycles. The van der Waals surface area contributed by atoms with Gasteiger partial charge in [-0.3, -0.25) is 0 Å². The van der Waals surface area contributed by atoms with Gasteiger partial charge in [-0.25, -0.2) is 0 Å². The molecule has 2 radical (unpaired) electrons. The molecule has 0 aromatic heterocycles. The molecule has 52 valence electrons. The standard InChI is InChI=1S/C5H8O4/c6-3-1-5(8)9-2-4(3)7/h3-8H,1H2/t3-,4+,5?/m1/s1/i2+1. The van der Waals surface area contributed by atoms with Gasteiger partial charge >= 0.3 is 0 Å². The lowest BCUT2D eigenvalue weighted by Gasteiger charge is -2.25. The first-order chi connectivity index (χ1) is 4.20. The van der Waals surface area contributed by atoms with Gasteiger partial charge in [0.25, 0.3) is 0 Å². The Morgan fingerprint density at radius 2 is 2.00 bits per heavy atom. The summed E-state index contributed by atoms with van der Waals surface area (Å²) in [6.07, 6.45) is -3.03. The number of hydrogen-bond donors (Lipinski definition) is 3. The summed E-state index contributed by atoms with van der Waals surface area (Å²) in [6, 6.07) is 0. The SMILES string of the molecule is OC1C[C@@H](O)[C@@H](O)[13C]O1. The van der Waals surface area contributed by atoms with Gasteiger partial charge in [0.1, 0.15) is 6.10 Å². The zero-order valence-electron chi connectivity index (χ0n) is 4.69. The van der Waals surface area contributed by atoms with Crippen molar-refractivity contribution in [2.24, 2.45) is 0 Å². The quantitative estimate of drug-likeness (QED) is 0.351. The lowest BCUT2D eigenvalue weighted by Crippen LogP contribution is -2.37. The first-order valence-electron chi connectivity index (χ1n) is 2.65. The van der Waals surface area contributed by atoms with Gasteiger partial charge < -0.3 is 20.1 Å². The fourth-order valence-corrected chi connectivity index (χ4v) is 0.610. The van der Waals surface area contributed by atoms with Gasteiger partial charge in [0, 0.05) is 6.42 Å². The van der Waals surface area contributed by atoms with E-state index in [1.807, 2.05) is 6.61 Å². The zero-order valence-corrected chi connectivity index (χ0v) is 4.69. The average Bonchev–Trinajstić information content (AvgIpc) is 1.80. The number of hydrogen-bond acceptors (Lipinski definition) is 4. The van der Waals surface area contributed by atoms with Crippen molar-refractivity contribution in [1.29, 1.82) is 0 Å². The van der Waals surface area contributed by atoms with Crippen LogP contribution in [0.25, 0.3) is 0 Å². The Hall–Kier alpha value is -0.160. The highest BCUT2D eigenvalue weighted by Crippen LogP contribution is 2.14. The third-order valence-corrected chi connectivity index (χ3v) is 1.13. The fraction of sp³-hybridized carbons (Fsp3) is 0.800. The van der Waals surface area contributed by atoms with Crippen molar-refractivity contribution in [1.82, 2.24) is 0 Å². The van der Waals surface area contributed by atoms with Crippen LogP contribution in [0.2, 0.25) is 0 Å². The molecular weight excluding hydrogens is 125 g/mol. The molecule has 4 heteroatoms. The number of aliphatic hydroxyl groups is 3. The van der Waals surface area contributed by atoms with Gasteiger partial charge in [0.15, 0.2) is 12.9 Å². The summed E-state index contributed by atoms with van der Waals surface area (Å²) in [7, 11) is 0. The van der Waals surface area contributed by atoms with Crippen LogP contribution in [0.5, 0.6) is 0 Å². The van der Waals surface area contributed by atoms with E-state index in [1.54, 1.807) is 0 Å². The van der Waals surface area contributed by atoms with Crippen molar-refractivity contribution < 1.29 is 20.1 Å². The smallest absolute Gasteiger partial charge is 0.169 e. The Kier molecular flexibility index (Phi) is 2.02. The fourth-order valence-electron chi connectivity index (χ4n) is 0.610. The molecule has 3 atom stereocenters. The van der Waals surface area contributed by atoms with E-state index in [0.29, 0.717) is 0 Å². The second kappa shape index (κ2) is 2.62. The van der Waals surface area contributed by atoms with E-state index in [-0.39, 0.29) is 6.42 Å². The molecule has 0 aliphatic carbocycles. The van der Waals surface area contributed by atoms with Crippen LogP contribution < -0.4 is 0 Å². The normalized spacial score (nSPS) is 45.0.